The summed E-state index contributed by atoms with van der Waals surface area (Å²) in [5.74, 6) is 0. The lowest BCUT2D eigenvalue weighted by molar-refractivity contribution is -0.136. The van der Waals surface area contributed by atoms with Crippen molar-refractivity contribution in [3.8, 4) is 0 Å². The van der Waals surface area contributed by atoms with Crippen molar-refractivity contribution < 1.29 is 20.4 Å². The highest BCUT2D eigenvalue weighted by Crippen LogP contribution is 2.45. The minimum absolute atomic E-state index is 0.543. The standard InChI is InChI=1S/C53H92O4/c1-3-5-7-9-11-13-15-17-19-21-23-25-27-29-31-33-35-48-37-41-50(42-38-48)53(57,52(45-54,46-55)47-56)51-43-39-49(40-44-51)36-34-32-30-28-26-24-22-20-18-16-14-12-10-8-6-4-2/h37-44,54-57H,3-36,45-47H2,1-2H3. The number of hydrogen-bond acceptors (Lipinski definition) is 4. The third-order valence-electron chi connectivity index (χ3n) is 13.1. The van der Waals surface area contributed by atoms with Gasteiger partial charge in [-0.2, -0.15) is 0 Å². The maximum Gasteiger partial charge on any atom is 0.127 e. The lowest BCUT2D eigenvalue weighted by atomic mass is 9.65. The molecule has 0 unspecified atom stereocenters. The van der Waals surface area contributed by atoms with E-state index < -0.39 is 30.8 Å². The van der Waals surface area contributed by atoms with E-state index in [-0.39, 0.29) is 0 Å². The molecule has 0 saturated carbocycles. The third kappa shape index (κ3) is 20.9. The summed E-state index contributed by atoms with van der Waals surface area (Å²) >= 11 is 0. The quantitative estimate of drug-likeness (QED) is 0.0507. The van der Waals surface area contributed by atoms with Gasteiger partial charge in [0, 0.05) is 0 Å². The number of hydrogen-bond donors (Lipinski definition) is 4. The Hall–Kier alpha value is -1.72. The average molecular weight is 793 g/mol. The molecule has 0 saturated heterocycles. The van der Waals surface area contributed by atoms with Crippen molar-refractivity contribution >= 4 is 0 Å². The Morgan fingerprint density at radius 3 is 0.737 bits per heavy atom. The highest BCUT2D eigenvalue weighted by Gasteiger charge is 2.52. The van der Waals surface area contributed by atoms with Crippen molar-refractivity contribution in [3.63, 3.8) is 0 Å². The maximum absolute atomic E-state index is 12.4. The second-order valence-corrected chi connectivity index (χ2v) is 18.0. The molecule has 2 rings (SSSR count). The lowest BCUT2D eigenvalue weighted by Gasteiger charge is -2.45. The molecule has 0 atom stereocenters. The molecule has 57 heavy (non-hydrogen) atoms. The summed E-state index contributed by atoms with van der Waals surface area (Å²) in [6.45, 7) is 2.94. The van der Waals surface area contributed by atoms with Crippen molar-refractivity contribution in [1.29, 1.82) is 0 Å². The summed E-state index contributed by atoms with van der Waals surface area (Å²) in [5, 5.41) is 43.9. The molecule has 0 radical (unpaired) electrons. The van der Waals surface area contributed by atoms with E-state index in [1.807, 2.05) is 24.3 Å². The van der Waals surface area contributed by atoms with Gasteiger partial charge < -0.3 is 20.4 Å². The number of aryl methyl sites for hydroxylation is 2. The summed E-state index contributed by atoms with van der Waals surface area (Å²) in [4.78, 5) is 0. The van der Waals surface area contributed by atoms with E-state index in [2.05, 4.69) is 38.1 Å². The molecule has 0 heterocycles. The molecule has 4 heteroatoms. The topological polar surface area (TPSA) is 80.9 Å². The van der Waals surface area contributed by atoms with Crippen molar-refractivity contribution in [2.24, 2.45) is 5.41 Å². The van der Waals surface area contributed by atoms with E-state index in [0.717, 1.165) is 25.7 Å². The first kappa shape index (κ1) is 51.4. The van der Waals surface area contributed by atoms with Crippen LogP contribution in [0, 0.1) is 5.41 Å². The molecule has 0 aliphatic carbocycles. The molecule has 4 N–H and O–H groups in total. The van der Waals surface area contributed by atoms with Crippen LogP contribution in [0.25, 0.3) is 0 Å². The SMILES string of the molecule is CCCCCCCCCCCCCCCCCCc1ccc(C(O)(c2ccc(CCCCCCCCCCCCCCCCCC)cc2)C(CO)(CO)CO)cc1. The van der Waals surface area contributed by atoms with Gasteiger partial charge in [0.1, 0.15) is 5.60 Å². The van der Waals surface area contributed by atoms with E-state index in [4.69, 9.17) is 0 Å². The summed E-state index contributed by atoms with van der Waals surface area (Å²) < 4.78 is 0. The van der Waals surface area contributed by atoms with E-state index in [1.165, 1.54) is 204 Å². The van der Waals surface area contributed by atoms with Crippen molar-refractivity contribution in [2.75, 3.05) is 19.8 Å². The molecule has 4 nitrogen and oxygen atoms in total. The fraction of sp³-hybridized carbons (Fsp3) is 0.774. The van der Waals surface area contributed by atoms with Crippen LogP contribution < -0.4 is 0 Å². The van der Waals surface area contributed by atoms with Crippen LogP contribution in [0.4, 0.5) is 0 Å². The summed E-state index contributed by atoms with van der Waals surface area (Å²) in [7, 11) is 0. The third-order valence-corrected chi connectivity index (χ3v) is 13.1. The van der Waals surface area contributed by atoms with Crippen LogP contribution in [0.2, 0.25) is 0 Å². The molecular weight excluding hydrogens is 701 g/mol. The summed E-state index contributed by atoms with van der Waals surface area (Å²) in [6, 6.07) is 15.9. The van der Waals surface area contributed by atoms with Gasteiger partial charge in [-0.05, 0) is 47.9 Å². The number of rotatable bonds is 40. The smallest absolute Gasteiger partial charge is 0.127 e. The Labute approximate surface area is 353 Å². The molecule has 0 bridgehead atoms. The van der Waals surface area contributed by atoms with Crippen molar-refractivity contribution in [2.45, 2.75) is 238 Å². The van der Waals surface area contributed by atoms with E-state index in [0.29, 0.717) is 11.1 Å². The average Bonchev–Trinajstić information content (AvgIpc) is 3.24. The lowest BCUT2D eigenvalue weighted by Crippen LogP contribution is -2.54. The molecule has 328 valence electrons. The van der Waals surface area contributed by atoms with Crippen molar-refractivity contribution in [3.05, 3.63) is 70.8 Å². The fourth-order valence-corrected chi connectivity index (χ4v) is 8.85. The minimum Gasteiger partial charge on any atom is -0.395 e. The van der Waals surface area contributed by atoms with Crippen molar-refractivity contribution in [1.82, 2.24) is 0 Å². The number of benzene rings is 2. The summed E-state index contributed by atoms with van der Waals surface area (Å²) in [5.41, 5.74) is 0.344. The largest absolute Gasteiger partial charge is 0.395 e. The minimum atomic E-state index is -1.75. The first-order valence-corrected chi connectivity index (χ1v) is 24.7. The Morgan fingerprint density at radius 2 is 0.526 bits per heavy atom. The van der Waals surface area contributed by atoms with Gasteiger partial charge in [-0.25, -0.2) is 0 Å². The van der Waals surface area contributed by atoms with Gasteiger partial charge in [0.05, 0.1) is 25.2 Å². The number of aliphatic hydroxyl groups excluding tert-OH is 3. The molecule has 0 fully saturated rings. The zero-order chi connectivity index (χ0) is 41.1. The zero-order valence-corrected chi connectivity index (χ0v) is 37.6. The normalized spacial score (nSPS) is 12.2. The fourth-order valence-electron chi connectivity index (χ4n) is 8.85. The highest BCUT2D eigenvalue weighted by atomic mass is 16.3. The van der Waals surface area contributed by atoms with Gasteiger partial charge in [-0.15, -0.1) is 0 Å². The first-order valence-electron chi connectivity index (χ1n) is 24.7. The Balaban J connectivity index is 1.70. The predicted molar refractivity (Wildman–Crippen MR) is 246 cm³/mol. The van der Waals surface area contributed by atoms with Gasteiger partial charge in [-0.1, -0.05) is 255 Å². The molecule has 0 amide bonds. The Kier molecular flexibility index (Phi) is 30.7. The molecular formula is C53H92O4. The van der Waals surface area contributed by atoms with Crippen LogP contribution in [0.5, 0.6) is 0 Å². The second kappa shape index (κ2) is 34.0. The summed E-state index contributed by atoms with van der Waals surface area (Å²) in [6.07, 6.45) is 45.6. The van der Waals surface area contributed by atoms with Crippen LogP contribution >= 0.6 is 0 Å². The van der Waals surface area contributed by atoms with Gasteiger partial charge in [0.15, 0.2) is 0 Å². The van der Waals surface area contributed by atoms with Gasteiger partial charge >= 0.3 is 0 Å². The number of aliphatic hydroxyl groups is 4. The molecule has 0 aliphatic heterocycles. The molecule has 0 spiro atoms. The van der Waals surface area contributed by atoms with Gasteiger partial charge in [-0.3, -0.25) is 0 Å². The van der Waals surface area contributed by atoms with Crippen LogP contribution in [0.3, 0.4) is 0 Å². The Morgan fingerprint density at radius 1 is 0.316 bits per heavy atom. The Bertz CT molecular complexity index is 1070. The monoisotopic (exact) mass is 793 g/mol. The van der Waals surface area contributed by atoms with E-state index in [1.54, 1.807) is 0 Å². The predicted octanol–water partition coefficient (Wildman–Crippen LogP) is 14.5. The van der Waals surface area contributed by atoms with Gasteiger partial charge in [0.2, 0.25) is 0 Å². The molecule has 0 aliphatic rings. The van der Waals surface area contributed by atoms with Gasteiger partial charge in [0.25, 0.3) is 0 Å². The van der Waals surface area contributed by atoms with Crippen LogP contribution in [-0.4, -0.2) is 40.2 Å². The van der Waals surface area contributed by atoms with Crippen LogP contribution in [-0.2, 0) is 18.4 Å². The second-order valence-electron chi connectivity index (χ2n) is 18.0. The van der Waals surface area contributed by atoms with Crippen LogP contribution in [0.1, 0.15) is 242 Å². The molecule has 0 aromatic heterocycles. The van der Waals surface area contributed by atoms with E-state index in [9.17, 15) is 20.4 Å². The molecule has 2 aromatic carbocycles. The van der Waals surface area contributed by atoms with Crippen LogP contribution in [0.15, 0.2) is 48.5 Å². The number of unbranched alkanes of at least 4 members (excludes halogenated alkanes) is 30. The maximum atomic E-state index is 12.4. The zero-order valence-electron chi connectivity index (χ0n) is 37.6. The molecule has 2 aromatic rings. The first-order chi connectivity index (χ1) is 28.0. The van der Waals surface area contributed by atoms with E-state index >= 15 is 0 Å². The highest BCUT2D eigenvalue weighted by molar-refractivity contribution is 5.41.